The third-order valence-corrected chi connectivity index (χ3v) is 1.49. The molecule has 0 bridgehead atoms. The van der Waals surface area contributed by atoms with Crippen LogP contribution in [0.25, 0.3) is 0 Å². The molecule has 76 valence electrons. The highest BCUT2D eigenvalue weighted by Crippen LogP contribution is 2.02. The van der Waals surface area contributed by atoms with Gasteiger partial charge in [0, 0.05) is 13.1 Å². The number of amides is 1. The fourth-order valence-corrected chi connectivity index (χ4v) is 0.837. The monoisotopic (exact) mass is 197 g/mol. The van der Waals surface area contributed by atoms with Crippen molar-refractivity contribution in [2.45, 2.75) is 6.92 Å². The lowest BCUT2D eigenvalue weighted by molar-refractivity contribution is -0.126. The van der Waals surface area contributed by atoms with E-state index in [1.54, 1.807) is 0 Å². The third kappa shape index (κ3) is 2.09. The van der Waals surface area contributed by atoms with E-state index in [1.807, 2.05) is 0 Å². The minimum absolute atomic E-state index is 0.160. The second kappa shape index (κ2) is 4.40. The van der Waals surface area contributed by atoms with Crippen LogP contribution in [0.4, 0.5) is 0 Å². The molecule has 6 heteroatoms. The Morgan fingerprint density at radius 1 is 1.36 bits per heavy atom. The zero-order valence-corrected chi connectivity index (χ0v) is 8.22. The van der Waals surface area contributed by atoms with Crippen molar-refractivity contribution in [3.8, 4) is 0 Å². The number of ether oxygens (including phenoxy) is 2. The quantitative estimate of drug-likeness (QED) is 0.562. The van der Waals surface area contributed by atoms with Gasteiger partial charge in [-0.1, -0.05) is 0 Å². The maximum absolute atomic E-state index is 11.0. The van der Waals surface area contributed by atoms with Crippen molar-refractivity contribution >= 4 is 17.7 Å². The zero-order valence-electron chi connectivity index (χ0n) is 8.22. The molecule has 0 fully saturated rings. The zero-order chi connectivity index (χ0) is 10.6. The maximum Gasteiger partial charge on any atom is 0.295 e. The third-order valence-electron chi connectivity index (χ3n) is 1.49. The van der Waals surface area contributed by atoms with Crippen LogP contribution in [0.1, 0.15) is 6.92 Å². The molecule has 0 aliphatic carbocycles. The Balaban J connectivity index is 2.99. The largest absolute Gasteiger partial charge is 0.477 e. The van der Waals surface area contributed by atoms with Crippen LogP contribution < -0.4 is 0 Å². The van der Waals surface area contributed by atoms with Gasteiger partial charge in [0.15, 0.2) is 0 Å². The van der Waals surface area contributed by atoms with Crippen LogP contribution in [-0.2, 0) is 14.3 Å². The molecule has 1 rings (SSSR count). The second-order valence-electron chi connectivity index (χ2n) is 2.41. The number of hydrogen-bond donors (Lipinski definition) is 0. The molecule has 1 aliphatic rings. The molecule has 1 amide bonds. The molecule has 0 saturated heterocycles. The highest BCUT2D eigenvalue weighted by Gasteiger charge is 2.15. The fraction of sp³-hybridized carbons (Fsp3) is 0.375. The van der Waals surface area contributed by atoms with E-state index in [1.165, 1.54) is 33.5 Å². The van der Waals surface area contributed by atoms with Crippen LogP contribution in [0, 0.1) is 0 Å². The Morgan fingerprint density at radius 2 is 2.00 bits per heavy atom. The smallest absolute Gasteiger partial charge is 0.295 e. The molecular weight excluding hydrogens is 186 g/mol. The molecule has 1 heterocycles. The summed E-state index contributed by atoms with van der Waals surface area (Å²) in [6.07, 6.45) is 2.84. The molecule has 0 N–H and O–H groups in total. The Bertz CT molecular complexity index is 320. The van der Waals surface area contributed by atoms with Crippen molar-refractivity contribution in [2.75, 3.05) is 14.2 Å². The van der Waals surface area contributed by atoms with E-state index in [9.17, 15) is 4.79 Å². The van der Waals surface area contributed by atoms with Crippen molar-refractivity contribution in [1.82, 2.24) is 5.01 Å². The highest BCUT2D eigenvalue weighted by molar-refractivity contribution is 6.35. The van der Waals surface area contributed by atoms with Gasteiger partial charge < -0.3 is 9.47 Å². The van der Waals surface area contributed by atoms with E-state index in [4.69, 9.17) is 9.47 Å². The molecule has 0 saturated carbocycles. The number of hydrogen-bond acceptors (Lipinski definition) is 5. The Morgan fingerprint density at radius 3 is 2.50 bits per heavy atom. The summed E-state index contributed by atoms with van der Waals surface area (Å²) in [4.78, 5) is 14.9. The number of methoxy groups -OCH3 is 2. The van der Waals surface area contributed by atoms with Crippen LogP contribution in [-0.4, -0.2) is 36.9 Å². The van der Waals surface area contributed by atoms with Gasteiger partial charge in [-0.2, -0.15) is 0 Å². The highest BCUT2D eigenvalue weighted by atomic mass is 16.5. The summed E-state index contributed by atoms with van der Waals surface area (Å²) in [5, 5.41) is 5.00. The topological polar surface area (TPSA) is 63.5 Å². The van der Waals surface area contributed by atoms with Crippen molar-refractivity contribution in [1.29, 1.82) is 0 Å². The summed E-state index contributed by atoms with van der Waals surface area (Å²) in [6, 6.07) is 0. The van der Waals surface area contributed by atoms with Crippen LogP contribution in [0.15, 0.2) is 22.5 Å². The van der Waals surface area contributed by atoms with Crippen molar-refractivity contribution < 1.29 is 14.3 Å². The van der Waals surface area contributed by atoms with Gasteiger partial charge in [-0.15, -0.1) is 5.10 Å². The molecular formula is C8H11N3O3. The Hall–Kier alpha value is -1.85. The standard InChI is InChI=1S/C8H11N3O3/c1-6(12)11-5-4-9-7(13-2)8(10-11)14-3/h4-5H,1-3H3. The van der Waals surface area contributed by atoms with Crippen LogP contribution >= 0.6 is 0 Å². The SMILES string of the molecule is COC1=NC=CN(C(C)=O)N=C1OC. The van der Waals surface area contributed by atoms with Crippen LogP contribution in [0.3, 0.4) is 0 Å². The summed E-state index contributed by atoms with van der Waals surface area (Å²) >= 11 is 0. The van der Waals surface area contributed by atoms with E-state index < -0.39 is 0 Å². The van der Waals surface area contributed by atoms with Crippen LogP contribution in [0.2, 0.25) is 0 Å². The van der Waals surface area contributed by atoms with E-state index in [2.05, 4.69) is 10.1 Å². The molecule has 14 heavy (non-hydrogen) atoms. The van der Waals surface area contributed by atoms with Gasteiger partial charge in [0.2, 0.25) is 5.91 Å². The lowest BCUT2D eigenvalue weighted by atomic mass is 10.6. The van der Waals surface area contributed by atoms with Gasteiger partial charge in [0.1, 0.15) is 0 Å². The average molecular weight is 197 g/mol. The molecule has 0 unspecified atom stereocenters. The molecule has 0 aromatic heterocycles. The summed E-state index contributed by atoms with van der Waals surface area (Å²) in [5.74, 6) is 0.156. The van der Waals surface area contributed by atoms with E-state index in [-0.39, 0.29) is 17.7 Å². The first-order valence-corrected chi connectivity index (χ1v) is 3.90. The van der Waals surface area contributed by atoms with Crippen molar-refractivity contribution in [3.05, 3.63) is 12.4 Å². The second-order valence-corrected chi connectivity index (χ2v) is 2.41. The van der Waals surface area contributed by atoms with Gasteiger partial charge in [-0.05, 0) is 0 Å². The molecule has 0 aromatic carbocycles. The number of nitrogens with zero attached hydrogens (tertiary/aromatic N) is 3. The Kier molecular flexibility index (Phi) is 3.22. The molecule has 0 atom stereocenters. The van der Waals surface area contributed by atoms with E-state index in [0.29, 0.717) is 0 Å². The first kappa shape index (κ1) is 10.2. The van der Waals surface area contributed by atoms with Crippen molar-refractivity contribution in [3.63, 3.8) is 0 Å². The number of carbonyl (C=O) groups is 1. The van der Waals surface area contributed by atoms with Gasteiger partial charge >= 0.3 is 0 Å². The lowest BCUT2D eigenvalue weighted by Gasteiger charge is -2.09. The van der Waals surface area contributed by atoms with Gasteiger partial charge in [0.05, 0.1) is 20.4 Å². The summed E-state index contributed by atoms with van der Waals surface area (Å²) in [5.41, 5.74) is 0. The fourth-order valence-electron chi connectivity index (χ4n) is 0.837. The minimum atomic E-state index is -0.233. The molecule has 0 aromatic rings. The first-order valence-electron chi connectivity index (χ1n) is 3.90. The normalized spacial score (nSPS) is 15.5. The van der Waals surface area contributed by atoms with Gasteiger partial charge in [0.25, 0.3) is 11.8 Å². The summed E-state index contributed by atoms with van der Waals surface area (Å²) in [6.45, 7) is 1.39. The van der Waals surface area contributed by atoms with Gasteiger partial charge in [-0.3, -0.25) is 4.79 Å². The maximum atomic E-state index is 11.0. The predicted molar refractivity (Wildman–Crippen MR) is 50.5 cm³/mol. The van der Waals surface area contributed by atoms with E-state index in [0.717, 1.165) is 5.01 Å². The number of carbonyl (C=O) groups excluding carboxylic acids is 1. The molecule has 0 spiro atoms. The molecule has 0 radical (unpaired) electrons. The van der Waals surface area contributed by atoms with Gasteiger partial charge in [-0.25, -0.2) is 10.0 Å². The average Bonchev–Trinajstić information content (AvgIpc) is 2.38. The Labute approximate surface area is 81.5 Å². The molecule has 1 aliphatic heterocycles. The first-order chi connectivity index (χ1) is 6.69. The summed E-state index contributed by atoms with van der Waals surface area (Å²) < 4.78 is 9.82. The summed E-state index contributed by atoms with van der Waals surface area (Å²) in [7, 11) is 2.88. The number of hydrazone groups is 1. The van der Waals surface area contributed by atoms with Crippen molar-refractivity contribution in [2.24, 2.45) is 10.1 Å². The lowest BCUT2D eigenvalue weighted by Crippen LogP contribution is -2.23. The predicted octanol–water partition coefficient (Wildman–Crippen LogP) is 0.325. The van der Waals surface area contributed by atoms with E-state index >= 15 is 0 Å². The molecule has 6 nitrogen and oxygen atoms in total. The number of rotatable bonds is 0. The van der Waals surface area contributed by atoms with Crippen LogP contribution in [0.5, 0.6) is 0 Å². The minimum Gasteiger partial charge on any atom is -0.477 e. The number of aliphatic imine (C=N–C) groups is 1.